The highest BCUT2D eigenvalue weighted by atomic mass is 35.5. The van der Waals surface area contributed by atoms with Gasteiger partial charge in [-0.05, 0) is 24.3 Å². The molecule has 0 saturated heterocycles. The molecule has 0 aliphatic carbocycles. The molecule has 1 aromatic heterocycles. The van der Waals surface area contributed by atoms with Gasteiger partial charge >= 0.3 is 0 Å². The van der Waals surface area contributed by atoms with Crippen LogP contribution in [0.15, 0.2) is 52.0 Å². The monoisotopic (exact) mass is 416 g/mol. The quantitative estimate of drug-likeness (QED) is 0.676. The number of aryl methyl sites for hydroxylation is 1. The van der Waals surface area contributed by atoms with Crippen molar-refractivity contribution in [3.05, 3.63) is 64.0 Å². The van der Waals surface area contributed by atoms with E-state index < -0.39 is 6.10 Å². The first-order chi connectivity index (χ1) is 13.5. The minimum absolute atomic E-state index is 0.287. The standard InChI is InChI=1S/C19H14Cl2N4O3/c1-10-23-24-19(27-10)13-4-2-3-5-15(13)22-18(26)17-9-16(25-28-17)12-7-6-11(20)8-14(12)21/h2-8,17H,9H2,1H3,(H,22,26). The lowest BCUT2D eigenvalue weighted by atomic mass is 10.0. The molecular weight excluding hydrogens is 403 g/mol. The number of anilines is 1. The Morgan fingerprint density at radius 2 is 1.96 bits per heavy atom. The highest BCUT2D eigenvalue weighted by molar-refractivity contribution is 6.37. The van der Waals surface area contributed by atoms with Gasteiger partial charge in [-0.2, -0.15) is 0 Å². The third-order valence-electron chi connectivity index (χ3n) is 4.14. The van der Waals surface area contributed by atoms with Crippen molar-refractivity contribution >= 4 is 40.5 Å². The first-order valence-corrected chi connectivity index (χ1v) is 9.15. The summed E-state index contributed by atoms with van der Waals surface area (Å²) in [5.74, 6) is 0.422. The van der Waals surface area contributed by atoms with Gasteiger partial charge in [0, 0.05) is 23.9 Å². The summed E-state index contributed by atoms with van der Waals surface area (Å²) in [4.78, 5) is 18.0. The summed E-state index contributed by atoms with van der Waals surface area (Å²) in [6.07, 6.45) is -0.492. The van der Waals surface area contributed by atoms with Crippen LogP contribution in [0.1, 0.15) is 17.9 Å². The molecule has 4 rings (SSSR count). The molecule has 28 heavy (non-hydrogen) atoms. The molecule has 9 heteroatoms. The number of nitrogens with one attached hydrogen (secondary N) is 1. The van der Waals surface area contributed by atoms with E-state index in [1.165, 1.54) is 0 Å². The molecule has 3 aromatic rings. The molecule has 1 aliphatic heterocycles. The van der Waals surface area contributed by atoms with Gasteiger partial charge in [0.1, 0.15) is 0 Å². The molecule has 0 fully saturated rings. The van der Waals surface area contributed by atoms with Crippen molar-refractivity contribution in [1.82, 2.24) is 10.2 Å². The molecule has 1 N–H and O–H groups in total. The molecule has 0 bridgehead atoms. The van der Waals surface area contributed by atoms with Gasteiger partial charge in [-0.3, -0.25) is 4.79 Å². The van der Waals surface area contributed by atoms with E-state index in [9.17, 15) is 4.79 Å². The number of amides is 1. The maximum absolute atomic E-state index is 12.7. The number of hydrogen-bond donors (Lipinski definition) is 1. The molecule has 1 atom stereocenters. The topological polar surface area (TPSA) is 89.6 Å². The van der Waals surface area contributed by atoms with Crippen LogP contribution >= 0.6 is 23.2 Å². The summed E-state index contributed by atoms with van der Waals surface area (Å²) < 4.78 is 5.46. The van der Waals surface area contributed by atoms with Crippen molar-refractivity contribution in [3.8, 4) is 11.5 Å². The third kappa shape index (κ3) is 3.72. The van der Waals surface area contributed by atoms with Crippen LogP contribution in [-0.4, -0.2) is 27.9 Å². The first kappa shape index (κ1) is 18.5. The fraction of sp³-hybridized carbons (Fsp3) is 0.158. The predicted molar refractivity (Wildman–Crippen MR) is 106 cm³/mol. The summed E-state index contributed by atoms with van der Waals surface area (Å²) in [6, 6.07) is 12.2. The van der Waals surface area contributed by atoms with E-state index in [2.05, 4.69) is 20.7 Å². The Morgan fingerprint density at radius 3 is 2.71 bits per heavy atom. The molecule has 2 heterocycles. The van der Waals surface area contributed by atoms with Crippen molar-refractivity contribution in [2.75, 3.05) is 5.32 Å². The molecule has 1 aliphatic rings. The second-order valence-corrected chi connectivity index (χ2v) is 6.97. The minimum Gasteiger partial charge on any atom is -0.421 e. The zero-order chi connectivity index (χ0) is 19.7. The van der Waals surface area contributed by atoms with Crippen LogP contribution < -0.4 is 5.32 Å². The van der Waals surface area contributed by atoms with Gasteiger partial charge in [0.25, 0.3) is 5.91 Å². The van der Waals surface area contributed by atoms with Gasteiger partial charge in [-0.1, -0.05) is 46.6 Å². The summed E-state index contributed by atoms with van der Waals surface area (Å²) in [6.45, 7) is 1.70. The maximum Gasteiger partial charge on any atom is 0.268 e. The molecule has 0 spiro atoms. The van der Waals surface area contributed by atoms with Crippen LogP contribution in [0.3, 0.4) is 0 Å². The zero-order valence-electron chi connectivity index (χ0n) is 14.6. The normalized spacial score (nSPS) is 15.8. The van der Waals surface area contributed by atoms with Crippen molar-refractivity contribution < 1.29 is 14.0 Å². The number of aromatic nitrogens is 2. The third-order valence-corrected chi connectivity index (χ3v) is 4.69. The number of carbonyl (C=O) groups excluding carboxylic acids is 1. The number of nitrogens with zero attached hydrogens (tertiary/aromatic N) is 3. The SMILES string of the molecule is Cc1nnc(-c2ccccc2NC(=O)C2CC(c3ccc(Cl)cc3Cl)=NO2)o1. The van der Waals surface area contributed by atoms with Gasteiger partial charge in [0.05, 0.1) is 22.0 Å². The Kier molecular flexibility index (Phi) is 5.02. The van der Waals surface area contributed by atoms with Crippen molar-refractivity contribution in [1.29, 1.82) is 0 Å². The van der Waals surface area contributed by atoms with E-state index in [0.29, 0.717) is 44.4 Å². The van der Waals surface area contributed by atoms with E-state index in [-0.39, 0.29) is 12.3 Å². The van der Waals surface area contributed by atoms with Gasteiger partial charge in [0.15, 0.2) is 0 Å². The van der Waals surface area contributed by atoms with Crippen LogP contribution in [0, 0.1) is 6.92 Å². The molecule has 1 amide bonds. The minimum atomic E-state index is -0.778. The van der Waals surface area contributed by atoms with Gasteiger partial charge in [-0.25, -0.2) is 0 Å². The van der Waals surface area contributed by atoms with E-state index in [1.54, 1.807) is 43.3 Å². The molecule has 142 valence electrons. The number of hydrogen-bond acceptors (Lipinski definition) is 6. The highest BCUT2D eigenvalue weighted by Gasteiger charge is 2.30. The fourth-order valence-corrected chi connectivity index (χ4v) is 3.32. The molecule has 7 nitrogen and oxygen atoms in total. The first-order valence-electron chi connectivity index (χ1n) is 8.40. The molecular formula is C19H14Cl2N4O3. The van der Waals surface area contributed by atoms with E-state index in [0.717, 1.165) is 0 Å². The Labute approximate surface area is 170 Å². The molecule has 0 radical (unpaired) electrons. The average Bonchev–Trinajstić information content (AvgIpc) is 3.31. The Balaban J connectivity index is 1.49. The van der Waals surface area contributed by atoms with Crippen LogP contribution in [0.2, 0.25) is 10.0 Å². The van der Waals surface area contributed by atoms with Gasteiger partial charge in [-0.15, -0.1) is 10.2 Å². The molecule has 2 aromatic carbocycles. The lowest BCUT2D eigenvalue weighted by Gasteiger charge is -2.11. The highest BCUT2D eigenvalue weighted by Crippen LogP contribution is 2.29. The number of rotatable bonds is 4. The summed E-state index contributed by atoms with van der Waals surface area (Å²) in [5, 5.41) is 15.7. The zero-order valence-corrected chi connectivity index (χ0v) is 16.2. The summed E-state index contributed by atoms with van der Waals surface area (Å²) >= 11 is 12.1. The van der Waals surface area contributed by atoms with E-state index >= 15 is 0 Å². The lowest BCUT2D eigenvalue weighted by Crippen LogP contribution is -2.28. The number of carbonyl (C=O) groups is 1. The number of oxime groups is 1. The van der Waals surface area contributed by atoms with Gasteiger partial charge in [0.2, 0.25) is 17.9 Å². The Hall–Kier alpha value is -2.90. The van der Waals surface area contributed by atoms with Crippen LogP contribution in [0.25, 0.3) is 11.5 Å². The number of benzene rings is 2. The van der Waals surface area contributed by atoms with Crippen molar-refractivity contribution in [2.45, 2.75) is 19.4 Å². The second-order valence-electron chi connectivity index (χ2n) is 6.12. The number of halogens is 2. The average molecular weight is 417 g/mol. The van der Waals surface area contributed by atoms with E-state index in [1.807, 2.05) is 6.07 Å². The molecule has 1 unspecified atom stereocenters. The number of para-hydroxylation sites is 1. The summed E-state index contributed by atoms with van der Waals surface area (Å²) in [5.41, 5.74) is 2.43. The second kappa shape index (κ2) is 7.61. The van der Waals surface area contributed by atoms with Gasteiger partial charge < -0.3 is 14.6 Å². The van der Waals surface area contributed by atoms with Crippen molar-refractivity contribution in [2.24, 2.45) is 5.16 Å². The molecule has 0 saturated carbocycles. The summed E-state index contributed by atoms with van der Waals surface area (Å²) in [7, 11) is 0. The predicted octanol–water partition coefficient (Wildman–Crippen LogP) is 4.48. The Morgan fingerprint density at radius 1 is 1.14 bits per heavy atom. The maximum atomic E-state index is 12.7. The van der Waals surface area contributed by atoms with E-state index in [4.69, 9.17) is 32.5 Å². The largest absolute Gasteiger partial charge is 0.421 e. The van der Waals surface area contributed by atoms with Crippen LogP contribution in [0.5, 0.6) is 0 Å². The lowest BCUT2D eigenvalue weighted by molar-refractivity contribution is -0.125. The Bertz CT molecular complexity index is 1080. The van der Waals surface area contributed by atoms with Crippen LogP contribution in [-0.2, 0) is 9.63 Å². The van der Waals surface area contributed by atoms with Crippen LogP contribution in [0.4, 0.5) is 5.69 Å². The van der Waals surface area contributed by atoms with Crippen molar-refractivity contribution in [3.63, 3.8) is 0 Å². The smallest absolute Gasteiger partial charge is 0.268 e. The fourth-order valence-electron chi connectivity index (χ4n) is 2.80.